The summed E-state index contributed by atoms with van der Waals surface area (Å²) in [6, 6.07) is 13.2. The van der Waals surface area contributed by atoms with Gasteiger partial charge in [-0.05, 0) is 71.6 Å². The highest BCUT2D eigenvalue weighted by atomic mass is 127. The maximum atomic E-state index is 12.4. The number of halogens is 1. The van der Waals surface area contributed by atoms with Crippen LogP contribution in [0.15, 0.2) is 42.1 Å². The Bertz CT molecular complexity index is 1050. The normalized spacial score (nSPS) is 14.7. The predicted molar refractivity (Wildman–Crippen MR) is 122 cm³/mol. The summed E-state index contributed by atoms with van der Waals surface area (Å²) in [4.78, 5) is 13.9. The summed E-state index contributed by atoms with van der Waals surface area (Å²) >= 11 is 7.35. The fourth-order valence-electron chi connectivity index (χ4n) is 2.89. The molecule has 0 atom stereocenters. The molecule has 0 unspecified atom stereocenters. The molecule has 1 aliphatic rings. The number of nitriles is 1. The van der Waals surface area contributed by atoms with Gasteiger partial charge in [-0.3, -0.25) is 9.69 Å². The van der Waals surface area contributed by atoms with Gasteiger partial charge in [-0.15, -0.1) is 0 Å². The van der Waals surface area contributed by atoms with E-state index in [0.717, 1.165) is 14.7 Å². The van der Waals surface area contributed by atoms with Crippen LogP contribution in [0.2, 0.25) is 0 Å². The summed E-state index contributed by atoms with van der Waals surface area (Å²) < 4.78 is 12.3. The van der Waals surface area contributed by atoms with Gasteiger partial charge in [0.1, 0.15) is 12.3 Å². The summed E-state index contributed by atoms with van der Waals surface area (Å²) in [6.07, 6.45) is 1.74. The van der Waals surface area contributed by atoms with Crippen molar-refractivity contribution in [3.8, 4) is 17.6 Å². The topological polar surface area (TPSA) is 74.6 Å². The highest BCUT2D eigenvalue weighted by molar-refractivity contribution is 14.1. The van der Waals surface area contributed by atoms with E-state index in [0.29, 0.717) is 34.4 Å². The molecule has 1 saturated heterocycles. The van der Waals surface area contributed by atoms with Crippen LogP contribution in [0.25, 0.3) is 6.08 Å². The zero-order valence-electron chi connectivity index (χ0n) is 15.9. The van der Waals surface area contributed by atoms with Crippen molar-refractivity contribution in [3.63, 3.8) is 0 Å². The number of hydrogen-bond acceptors (Lipinski definition) is 5. The third kappa shape index (κ3) is 4.52. The molecule has 1 aliphatic heterocycles. The molecular formula is C21H18IN3O3S. The van der Waals surface area contributed by atoms with Crippen molar-refractivity contribution in [3.05, 3.63) is 62.4 Å². The summed E-state index contributed by atoms with van der Waals surface area (Å²) in [6.45, 7) is 2.63. The fraction of sp³-hybridized carbons (Fsp3) is 0.190. The molecule has 1 heterocycles. The number of carbonyl (C=O) groups is 1. The Morgan fingerprint density at radius 1 is 1.34 bits per heavy atom. The second-order valence-electron chi connectivity index (χ2n) is 6.13. The SMILES string of the molecule is CCN1C(=O)C(=Cc2cc(I)c(OCc3ccccc3C#N)c(OC)c2)NC1=S. The second kappa shape index (κ2) is 9.24. The molecule has 0 saturated carbocycles. The molecule has 3 rings (SSSR count). The minimum atomic E-state index is -0.153. The van der Waals surface area contributed by atoms with Crippen LogP contribution in [0.3, 0.4) is 0 Å². The van der Waals surface area contributed by atoms with Gasteiger partial charge in [-0.2, -0.15) is 5.26 Å². The number of likely N-dealkylation sites (N-methyl/N-ethyl adjacent to an activating group) is 1. The Morgan fingerprint density at radius 3 is 2.76 bits per heavy atom. The first-order chi connectivity index (χ1) is 14.0. The molecule has 0 spiro atoms. The summed E-state index contributed by atoms with van der Waals surface area (Å²) in [5.41, 5.74) is 2.58. The van der Waals surface area contributed by atoms with Crippen LogP contribution in [-0.2, 0) is 11.4 Å². The average molecular weight is 519 g/mol. The van der Waals surface area contributed by atoms with Gasteiger partial charge < -0.3 is 14.8 Å². The van der Waals surface area contributed by atoms with Crippen LogP contribution in [0.5, 0.6) is 11.5 Å². The number of ether oxygens (including phenoxy) is 2. The third-order valence-corrected chi connectivity index (χ3v) is 5.47. The second-order valence-corrected chi connectivity index (χ2v) is 7.68. The van der Waals surface area contributed by atoms with Gasteiger partial charge in [0.15, 0.2) is 16.6 Å². The lowest BCUT2D eigenvalue weighted by Gasteiger charge is -2.14. The van der Waals surface area contributed by atoms with Gasteiger partial charge in [0.2, 0.25) is 0 Å². The van der Waals surface area contributed by atoms with E-state index in [2.05, 4.69) is 34.0 Å². The molecule has 1 N–H and O–H groups in total. The van der Waals surface area contributed by atoms with E-state index >= 15 is 0 Å². The van der Waals surface area contributed by atoms with E-state index in [9.17, 15) is 10.1 Å². The Hall–Kier alpha value is -2.64. The average Bonchev–Trinajstić information content (AvgIpc) is 2.99. The number of methoxy groups -OCH3 is 1. The molecule has 1 amide bonds. The highest BCUT2D eigenvalue weighted by Crippen LogP contribution is 2.35. The van der Waals surface area contributed by atoms with Crippen LogP contribution in [0.4, 0.5) is 0 Å². The molecule has 8 heteroatoms. The molecule has 29 heavy (non-hydrogen) atoms. The van der Waals surface area contributed by atoms with Crippen molar-refractivity contribution in [1.82, 2.24) is 10.2 Å². The molecule has 2 aromatic carbocycles. The predicted octanol–water partition coefficient (Wildman–Crippen LogP) is 3.83. The Kier molecular flexibility index (Phi) is 6.71. The number of rotatable bonds is 6. The van der Waals surface area contributed by atoms with E-state index in [1.165, 1.54) is 4.90 Å². The number of hydrogen-bond donors (Lipinski definition) is 1. The van der Waals surface area contributed by atoms with Gasteiger partial charge >= 0.3 is 0 Å². The van der Waals surface area contributed by atoms with Crippen molar-refractivity contribution in [2.45, 2.75) is 13.5 Å². The van der Waals surface area contributed by atoms with Gasteiger partial charge in [0.25, 0.3) is 5.91 Å². The molecule has 1 fully saturated rings. The van der Waals surface area contributed by atoms with E-state index in [1.807, 2.05) is 31.2 Å². The number of amides is 1. The maximum Gasteiger partial charge on any atom is 0.276 e. The first-order valence-corrected chi connectivity index (χ1v) is 10.3. The van der Waals surface area contributed by atoms with Crippen molar-refractivity contribution in [2.75, 3.05) is 13.7 Å². The molecular weight excluding hydrogens is 501 g/mol. The lowest BCUT2D eigenvalue weighted by molar-refractivity contribution is -0.122. The zero-order chi connectivity index (χ0) is 21.0. The van der Waals surface area contributed by atoms with Crippen molar-refractivity contribution >= 4 is 51.9 Å². The lowest BCUT2D eigenvalue weighted by atomic mass is 10.1. The highest BCUT2D eigenvalue weighted by Gasteiger charge is 2.29. The monoisotopic (exact) mass is 519 g/mol. The van der Waals surface area contributed by atoms with Crippen LogP contribution in [-0.4, -0.2) is 29.6 Å². The zero-order valence-corrected chi connectivity index (χ0v) is 18.8. The third-order valence-electron chi connectivity index (χ3n) is 4.35. The van der Waals surface area contributed by atoms with Gasteiger partial charge in [0, 0.05) is 12.1 Å². The number of nitrogens with zero attached hydrogens (tertiary/aromatic N) is 2. The molecule has 6 nitrogen and oxygen atoms in total. The van der Waals surface area contributed by atoms with Crippen LogP contribution >= 0.6 is 34.8 Å². The van der Waals surface area contributed by atoms with Gasteiger partial charge in [-0.1, -0.05) is 18.2 Å². The molecule has 0 aliphatic carbocycles. The Labute approximate surface area is 188 Å². The summed E-state index contributed by atoms with van der Waals surface area (Å²) in [5, 5.41) is 12.6. The van der Waals surface area contributed by atoms with E-state index in [1.54, 1.807) is 25.3 Å². The van der Waals surface area contributed by atoms with Crippen LogP contribution < -0.4 is 14.8 Å². The van der Waals surface area contributed by atoms with Gasteiger partial charge in [0.05, 0.1) is 22.3 Å². The summed E-state index contributed by atoms with van der Waals surface area (Å²) in [5.74, 6) is 0.970. The standard InChI is InChI=1S/C21H18IN3O3S/c1-3-25-20(26)17(24-21(25)29)9-13-8-16(22)19(18(10-13)27-2)28-12-15-7-5-4-6-14(15)11-23/h4-10H,3,12H2,1-2H3,(H,24,29). The van der Waals surface area contributed by atoms with Crippen molar-refractivity contribution in [1.29, 1.82) is 5.26 Å². The van der Waals surface area contributed by atoms with Crippen LogP contribution in [0.1, 0.15) is 23.6 Å². The number of benzene rings is 2. The van der Waals surface area contributed by atoms with E-state index in [4.69, 9.17) is 21.7 Å². The largest absolute Gasteiger partial charge is 0.493 e. The smallest absolute Gasteiger partial charge is 0.276 e. The van der Waals surface area contributed by atoms with E-state index in [-0.39, 0.29) is 12.5 Å². The fourth-order valence-corrected chi connectivity index (χ4v) is 4.00. The Morgan fingerprint density at radius 2 is 2.10 bits per heavy atom. The number of nitrogens with one attached hydrogen (secondary N) is 1. The lowest BCUT2D eigenvalue weighted by Crippen LogP contribution is -2.30. The van der Waals surface area contributed by atoms with Gasteiger partial charge in [-0.25, -0.2) is 0 Å². The molecule has 0 aromatic heterocycles. The first kappa shape index (κ1) is 21.1. The van der Waals surface area contributed by atoms with Crippen molar-refractivity contribution < 1.29 is 14.3 Å². The quantitative estimate of drug-likeness (QED) is 0.356. The maximum absolute atomic E-state index is 12.4. The van der Waals surface area contributed by atoms with Crippen molar-refractivity contribution in [2.24, 2.45) is 0 Å². The minimum absolute atomic E-state index is 0.153. The molecule has 0 bridgehead atoms. The van der Waals surface area contributed by atoms with Crippen LogP contribution in [0, 0.1) is 14.9 Å². The number of thiocarbonyl (C=S) groups is 1. The summed E-state index contributed by atoms with van der Waals surface area (Å²) in [7, 11) is 1.56. The molecule has 0 radical (unpaired) electrons. The molecule has 2 aromatic rings. The van der Waals surface area contributed by atoms with E-state index < -0.39 is 0 Å². The first-order valence-electron chi connectivity index (χ1n) is 8.81. The molecule has 148 valence electrons. The Balaban J connectivity index is 1.87. The number of carbonyl (C=O) groups excluding carboxylic acids is 1. The minimum Gasteiger partial charge on any atom is -0.493 e.